The maximum Gasteiger partial charge on any atom is 0.490 e. The number of aryl methyl sites for hydroxylation is 1. The monoisotopic (exact) mass is 693 g/mol. The van der Waals surface area contributed by atoms with Crippen molar-refractivity contribution in [3.63, 3.8) is 0 Å². The molecule has 1 saturated heterocycles. The van der Waals surface area contributed by atoms with Gasteiger partial charge < -0.3 is 20.4 Å². The van der Waals surface area contributed by atoms with Crippen molar-refractivity contribution >= 4 is 50.2 Å². The zero-order valence-corrected chi connectivity index (χ0v) is 25.0. The Morgan fingerprint density at radius 1 is 0.818 bits per heavy atom. The van der Waals surface area contributed by atoms with Gasteiger partial charge in [-0.2, -0.15) is 26.3 Å². The maximum absolute atomic E-state index is 12.3. The smallest absolute Gasteiger partial charge is 0.475 e. The van der Waals surface area contributed by atoms with Gasteiger partial charge in [0, 0.05) is 55.8 Å². The van der Waals surface area contributed by atoms with Crippen LogP contribution >= 0.6 is 15.9 Å². The Kier molecular flexibility index (Phi) is 13.6. The second-order valence-electron chi connectivity index (χ2n) is 9.62. The summed E-state index contributed by atoms with van der Waals surface area (Å²) in [7, 11) is 0. The zero-order valence-electron chi connectivity index (χ0n) is 23.4. The van der Waals surface area contributed by atoms with Gasteiger partial charge in [0.2, 0.25) is 5.91 Å². The van der Waals surface area contributed by atoms with Crippen LogP contribution in [0.5, 0.6) is 0 Å². The summed E-state index contributed by atoms with van der Waals surface area (Å²) in [5.41, 5.74) is 3.38. The van der Waals surface area contributed by atoms with Gasteiger partial charge in [0.05, 0.1) is 0 Å². The highest BCUT2D eigenvalue weighted by molar-refractivity contribution is 9.10. The minimum atomic E-state index is -5.08. The predicted octanol–water partition coefficient (Wildman–Crippen LogP) is 6.32. The van der Waals surface area contributed by atoms with Crippen LogP contribution < -0.4 is 5.32 Å². The lowest BCUT2D eigenvalue weighted by atomic mass is 10.0. The van der Waals surface area contributed by atoms with Gasteiger partial charge in [-0.1, -0.05) is 58.4 Å². The SMILES string of the molecule is Cc1cc(NC(=O)CCN2CCN(Cc3cccc4ccccc34)CC2)ccc1Br.O=C(O)C(F)(F)F.O=C(O)C(F)(F)F. The number of carboxylic acids is 2. The number of rotatable bonds is 6. The van der Waals surface area contributed by atoms with Crippen molar-refractivity contribution in [2.45, 2.75) is 32.2 Å². The van der Waals surface area contributed by atoms with Gasteiger partial charge >= 0.3 is 24.3 Å². The van der Waals surface area contributed by atoms with Crippen molar-refractivity contribution in [3.8, 4) is 0 Å². The average Bonchev–Trinajstić information content (AvgIpc) is 2.94. The molecule has 1 aliphatic rings. The molecule has 0 aromatic heterocycles. The number of carbonyl (C=O) groups excluding carboxylic acids is 1. The first-order valence-corrected chi connectivity index (χ1v) is 13.8. The van der Waals surface area contributed by atoms with Crippen LogP contribution in [0.4, 0.5) is 32.0 Å². The highest BCUT2D eigenvalue weighted by atomic mass is 79.9. The molecule has 0 saturated carbocycles. The maximum atomic E-state index is 12.3. The number of amides is 1. The third kappa shape index (κ3) is 12.5. The van der Waals surface area contributed by atoms with Crippen LogP contribution in [-0.2, 0) is 20.9 Å². The topological polar surface area (TPSA) is 110 Å². The standard InChI is InChI=1S/C25H28BrN3O.2C2HF3O2/c1-19-17-22(9-10-24(19)26)27-25(30)11-12-28-13-15-29(16-14-28)18-21-7-4-6-20-5-2-3-8-23(20)21;2*3-2(4,5)1(6)7/h2-10,17H,11-16,18H2,1H3,(H,27,30);2*(H,6,7). The number of aliphatic carboxylic acids is 2. The molecular weight excluding hydrogens is 664 g/mol. The van der Waals surface area contributed by atoms with Crippen molar-refractivity contribution < 1.29 is 50.9 Å². The Bertz CT molecular complexity index is 1400. The van der Waals surface area contributed by atoms with Gasteiger partial charge in [0.25, 0.3) is 0 Å². The molecule has 3 aromatic rings. The van der Waals surface area contributed by atoms with Crippen molar-refractivity contribution in [2.75, 3.05) is 38.0 Å². The highest BCUT2D eigenvalue weighted by Crippen LogP contribution is 2.22. The van der Waals surface area contributed by atoms with E-state index < -0.39 is 24.3 Å². The summed E-state index contributed by atoms with van der Waals surface area (Å²) in [6, 6.07) is 21.1. The first-order chi connectivity index (χ1) is 20.5. The summed E-state index contributed by atoms with van der Waals surface area (Å²) in [5, 5.41) is 19.9. The number of anilines is 1. The van der Waals surface area contributed by atoms with Crippen molar-refractivity contribution in [2.24, 2.45) is 0 Å². The average molecular weight is 694 g/mol. The molecule has 0 radical (unpaired) electrons. The summed E-state index contributed by atoms with van der Waals surface area (Å²) in [4.78, 5) is 35.0. The molecule has 1 amide bonds. The Balaban J connectivity index is 0.000000402. The Hall–Kier alpha value is -3.69. The van der Waals surface area contributed by atoms with E-state index in [1.807, 2.05) is 25.1 Å². The Morgan fingerprint density at radius 3 is 1.89 bits per heavy atom. The van der Waals surface area contributed by atoms with Gasteiger partial charge in [0.1, 0.15) is 0 Å². The molecule has 15 heteroatoms. The third-order valence-corrected chi connectivity index (χ3v) is 7.21. The van der Waals surface area contributed by atoms with Gasteiger partial charge in [-0.15, -0.1) is 0 Å². The number of hydrogen-bond donors (Lipinski definition) is 3. The van der Waals surface area contributed by atoms with E-state index in [-0.39, 0.29) is 5.91 Å². The van der Waals surface area contributed by atoms with Crippen LogP contribution in [0, 0.1) is 6.92 Å². The summed E-state index contributed by atoms with van der Waals surface area (Å²) in [6.07, 6.45) is -9.64. The van der Waals surface area contributed by atoms with E-state index in [9.17, 15) is 31.1 Å². The third-order valence-electron chi connectivity index (χ3n) is 6.32. The van der Waals surface area contributed by atoms with E-state index in [1.54, 1.807) is 0 Å². The molecule has 8 nitrogen and oxygen atoms in total. The number of carboxylic acid groups (broad SMARTS) is 2. The minimum Gasteiger partial charge on any atom is -0.475 e. The summed E-state index contributed by atoms with van der Waals surface area (Å²) >= 11 is 3.49. The van der Waals surface area contributed by atoms with Gasteiger partial charge in [0.15, 0.2) is 0 Å². The molecule has 0 unspecified atom stereocenters. The lowest BCUT2D eigenvalue weighted by molar-refractivity contribution is -0.193. The van der Waals surface area contributed by atoms with Crippen LogP contribution in [0.15, 0.2) is 65.1 Å². The van der Waals surface area contributed by atoms with E-state index in [2.05, 4.69) is 73.5 Å². The molecule has 240 valence electrons. The second-order valence-corrected chi connectivity index (χ2v) is 10.5. The van der Waals surface area contributed by atoms with E-state index in [0.717, 1.165) is 55.0 Å². The normalized spacial score (nSPS) is 14.1. The summed E-state index contributed by atoms with van der Waals surface area (Å²) in [6.45, 7) is 7.91. The number of alkyl halides is 6. The second kappa shape index (κ2) is 16.4. The molecule has 1 heterocycles. The van der Waals surface area contributed by atoms with Crippen molar-refractivity contribution in [1.82, 2.24) is 9.80 Å². The van der Waals surface area contributed by atoms with Gasteiger partial charge in [-0.25, -0.2) is 9.59 Å². The molecule has 0 spiro atoms. The molecule has 1 fully saturated rings. The molecule has 1 aliphatic heterocycles. The molecule has 0 aliphatic carbocycles. The fourth-order valence-corrected chi connectivity index (χ4v) is 4.29. The largest absolute Gasteiger partial charge is 0.490 e. The van der Waals surface area contributed by atoms with Gasteiger partial charge in [-0.3, -0.25) is 9.69 Å². The first-order valence-electron chi connectivity index (χ1n) is 13.0. The molecule has 44 heavy (non-hydrogen) atoms. The number of nitrogens with one attached hydrogen (secondary N) is 1. The molecule has 0 atom stereocenters. The Morgan fingerprint density at radius 2 is 1.34 bits per heavy atom. The van der Waals surface area contributed by atoms with E-state index in [4.69, 9.17) is 19.8 Å². The quantitative estimate of drug-likeness (QED) is 0.259. The number of hydrogen-bond acceptors (Lipinski definition) is 5. The number of nitrogens with zero attached hydrogens (tertiary/aromatic N) is 2. The number of carbonyl (C=O) groups is 3. The van der Waals surface area contributed by atoms with Crippen LogP contribution in [0.25, 0.3) is 10.8 Å². The molecule has 3 aromatic carbocycles. The van der Waals surface area contributed by atoms with Crippen LogP contribution in [-0.4, -0.2) is 82.9 Å². The minimum absolute atomic E-state index is 0.0786. The number of benzene rings is 3. The lowest BCUT2D eigenvalue weighted by Gasteiger charge is -2.34. The van der Waals surface area contributed by atoms with E-state index in [0.29, 0.717) is 6.42 Å². The number of halogens is 7. The highest BCUT2D eigenvalue weighted by Gasteiger charge is 2.38. The lowest BCUT2D eigenvalue weighted by Crippen LogP contribution is -2.46. The Labute approximate surface area is 257 Å². The fourth-order valence-electron chi connectivity index (χ4n) is 4.05. The van der Waals surface area contributed by atoms with Crippen LogP contribution in [0.2, 0.25) is 0 Å². The first kappa shape index (κ1) is 36.5. The molecule has 0 bridgehead atoms. The molecule has 4 rings (SSSR count). The summed E-state index contributed by atoms with van der Waals surface area (Å²) in [5.74, 6) is -5.44. The van der Waals surface area contributed by atoms with E-state index >= 15 is 0 Å². The predicted molar refractivity (Wildman–Crippen MR) is 155 cm³/mol. The van der Waals surface area contributed by atoms with Gasteiger partial charge in [-0.05, 0) is 47.0 Å². The van der Waals surface area contributed by atoms with E-state index in [1.165, 1.54) is 16.3 Å². The van der Waals surface area contributed by atoms with Crippen LogP contribution in [0.3, 0.4) is 0 Å². The molecular formula is C29H30BrF6N3O5. The molecule has 3 N–H and O–H groups in total. The van der Waals surface area contributed by atoms with Crippen molar-refractivity contribution in [3.05, 3.63) is 76.3 Å². The number of fused-ring (bicyclic) bond motifs is 1. The van der Waals surface area contributed by atoms with Crippen LogP contribution in [0.1, 0.15) is 17.5 Å². The zero-order chi connectivity index (χ0) is 33.1. The van der Waals surface area contributed by atoms with Crippen molar-refractivity contribution in [1.29, 1.82) is 0 Å². The fraction of sp³-hybridized carbons (Fsp3) is 0.345. The summed E-state index contributed by atoms with van der Waals surface area (Å²) < 4.78 is 64.5. The number of piperazine rings is 1.